The number of hydrogen-bond donors (Lipinski definition) is 2. The Morgan fingerprint density at radius 2 is 1.80 bits per heavy atom. The third-order valence-electron chi connectivity index (χ3n) is 2.02. The van der Waals surface area contributed by atoms with Crippen molar-refractivity contribution in [1.82, 2.24) is 0 Å². The molecule has 1 aromatic rings. The molecule has 0 amide bonds. The van der Waals surface area contributed by atoms with Crippen molar-refractivity contribution in [3.05, 3.63) is 29.8 Å². The van der Waals surface area contributed by atoms with Gasteiger partial charge in [0, 0.05) is 5.69 Å². The van der Waals surface area contributed by atoms with Gasteiger partial charge in [-0.25, -0.2) is 8.42 Å². The van der Waals surface area contributed by atoms with Crippen molar-refractivity contribution in [2.75, 3.05) is 4.72 Å². The molecule has 0 radical (unpaired) electrons. The molecule has 0 aliphatic heterocycles. The van der Waals surface area contributed by atoms with Gasteiger partial charge in [0.15, 0.2) is 0 Å². The molecule has 4 nitrogen and oxygen atoms in total. The van der Waals surface area contributed by atoms with Gasteiger partial charge in [-0.05, 0) is 31.5 Å². The maximum atomic E-state index is 11.5. The molecule has 0 fully saturated rings. The van der Waals surface area contributed by atoms with Crippen molar-refractivity contribution in [2.24, 2.45) is 0 Å². The van der Waals surface area contributed by atoms with Gasteiger partial charge in [-0.1, -0.05) is 12.1 Å². The van der Waals surface area contributed by atoms with Crippen LogP contribution in [0.3, 0.4) is 0 Å². The summed E-state index contributed by atoms with van der Waals surface area (Å²) in [5, 5.41) is 8.35. The zero-order valence-electron chi connectivity index (χ0n) is 8.77. The summed E-state index contributed by atoms with van der Waals surface area (Å²) >= 11 is 0. The van der Waals surface area contributed by atoms with Crippen LogP contribution in [0.2, 0.25) is 0 Å². The summed E-state index contributed by atoms with van der Waals surface area (Å²) in [4.78, 5) is 0. The van der Waals surface area contributed by atoms with E-state index < -0.39 is 15.3 Å². The molecule has 0 aliphatic carbocycles. The number of sulfonamides is 1. The number of anilines is 1. The molecule has 0 heterocycles. The lowest BCUT2D eigenvalue weighted by Crippen LogP contribution is -2.22. The third kappa shape index (κ3) is 3.21. The maximum absolute atomic E-state index is 11.5. The number of rotatable bonds is 4. The zero-order valence-corrected chi connectivity index (χ0v) is 9.58. The average Bonchev–Trinajstić information content (AvgIpc) is 2.18. The van der Waals surface area contributed by atoms with E-state index in [2.05, 4.69) is 4.72 Å². The molecular formula is C10H15NO3S. The molecule has 2 N–H and O–H groups in total. The van der Waals surface area contributed by atoms with Crippen molar-refractivity contribution in [3.63, 3.8) is 0 Å². The minimum atomic E-state index is -3.28. The molecule has 0 aliphatic rings. The van der Waals surface area contributed by atoms with Crippen LogP contribution < -0.4 is 4.72 Å². The van der Waals surface area contributed by atoms with E-state index >= 15 is 0 Å². The first-order valence-electron chi connectivity index (χ1n) is 4.67. The van der Waals surface area contributed by atoms with Crippen LogP contribution in [0.4, 0.5) is 5.69 Å². The van der Waals surface area contributed by atoms with E-state index in [9.17, 15) is 8.42 Å². The summed E-state index contributed by atoms with van der Waals surface area (Å²) in [5.41, 5.74) is 1.27. The van der Waals surface area contributed by atoms with Gasteiger partial charge in [0.25, 0.3) is 0 Å². The first-order valence-corrected chi connectivity index (χ1v) is 6.22. The minimum absolute atomic E-state index is 0.0444. The highest BCUT2D eigenvalue weighted by atomic mass is 32.2. The van der Waals surface area contributed by atoms with Gasteiger partial charge in [-0.15, -0.1) is 0 Å². The fourth-order valence-electron chi connectivity index (χ4n) is 0.960. The predicted octanol–water partition coefficient (Wildman–Crippen LogP) is 1.33. The van der Waals surface area contributed by atoms with Gasteiger partial charge in [0.2, 0.25) is 10.0 Å². The van der Waals surface area contributed by atoms with Gasteiger partial charge in [-0.2, -0.15) is 0 Å². The van der Waals surface area contributed by atoms with E-state index in [1.54, 1.807) is 38.1 Å². The van der Waals surface area contributed by atoms with Gasteiger partial charge in [0.05, 0.1) is 11.9 Å². The van der Waals surface area contributed by atoms with E-state index in [-0.39, 0.29) is 6.61 Å². The monoisotopic (exact) mass is 229 g/mol. The van der Waals surface area contributed by atoms with E-state index in [0.29, 0.717) is 5.69 Å². The van der Waals surface area contributed by atoms with Gasteiger partial charge >= 0.3 is 0 Å². The Hall–Kier alpha value is -1.07. The predicted molar refractivity (Wildman–Crippen MR) is 60.0 cm³/mol. The normalized spacial score (nSPS) is 11.7. The molecule has 84 valence electrons. The van der Waals surface area contributed by atoms with E-state index in [1.807, 2.05) is 0 Å². The van der Waals surface area contributed by atoms with E-state index in [4.69, 9.17) is 5.11 Å². The van der Waals surface area contributed by atoms with Crippen LogP contribution in [0.15, 0.2) is 24.3 Å². The molecule has 15 heavy (non-hydrogen) atoms. The van der Waals surface area contributed by atoms with Crippen molar-refractivity contribution in [2.45, 2.75) is 25.7 Å². The third-order valence-corrected chi connectivity index (χ3v) is 3.78. The zero-order chi connectivity index (χ0) is 11.5. The molecule has 0 bridgehead atoms. The second-order valence-electron chi connectivity index (χ2n) is 3.55. The highest BCUT2D eigenvalue weighted by Gasteiger charge is 2.14. The summed E-state index contributed by atoms with van der Waals surface area (Å²) in [5.74, 6) is 0. The van der Waals surface area contributed by atoms with Crippen LogP contribution in [-0.4, -0.2) is 18.8 Å². The van der Waals surface area contributed by atoms with E-state index in [0.717, 1.165) is 5.56 Å². The molecule has 1 rings (SSSR count). The molecule has 0 unspecified atom stereocenters. The molecule has 0 saturated carbocycles. The summed E-state index contributed by atoms with van der Waals surface area (Å²) in [6.07, 6.45) is 0. The van der Waals surface area contributed by atoms with Crippen LogP contribution in [0.25, 0.3) is 0 Å². The molecule has 0 spiro atoms. The quantitative estimate of drug-likeness (QED) is 0.818. The van der Waals surface area contributed by atoms with Crippen molar-refractivity contribution in [3.8, 4) is 0 Å². The largest absolute Gasteiger partial charge is 0.392 e. The second-order valence-corrected chi connectivity index (χ2v) is 5.79. The van der Waals surface area contributed by atoms with Crippen LogP contribution in [-0.2, 0) is 16.6 Å². The van der Waals surface area contributed by atoms with Crippen LogP contribution in [0.5, 0.6) is 0 Å². The number of hydrogen-bond acceptors (Lipinski definition) is 3. The number of aliphatic hydroxyl groups is 1. The average molecular weight is 229 g/mol. The second kappa shape index (κ2) is 4.63. The lowest BCUT2D eigenvalue weighted by atomic mass is 10.2. The Bertz CT molecular complexity index is 409. The Morgan fingerprint density at radius 3 is 2.20 bits per heavy atom. The van der Waals surface area contributed by atoms with Crippen LogP contribution in [0, 0.1) is 0 Å². The van der Waals surface area contributed by atoms with Crippen LogP contribution >= 0.6 is 0 Å². The summed E-state index contributed by atoms with van der Waals surface area (Å²) in [6.45, 7) is 3.19. The number of aliphatic hydroxyl groups excluding tert-OH is 1. The van der Waals surface area contributed by atoms with Crippen molar-refractivity contribution < 1.29 is 13.5 Å². The first kappa shape index (κ1) is 12.0. The molecule has 1 aromatic carbocycles. The SMILES string of the molecule is CC(C)S(=O)(=O)Nc1ccc(CO)cc1. The van der Waals surface area contributed by atoms with Gasteiger partial charge in [-0.3, -0.25) is 4.72 Å². The molecular weight excluding hydrogens is 214 g/mol. The fraction of sp³-hybridized carbons (Fsp3) is 0.400. The van der Waals surface area contributed by atoms with Crippen LogP contribution in [0.1, 0.15) is 19.4 Å². The number of benzene rings is 1. The minimum Gasteiger partial charge on any atom is -0.392 e. The lowest BCUT2D eigenvalue weighted by molar-refractivity contribution is 0.282. The van der Waals surface area contributed by atoms with Gasteiger partial charge < -0.3 is 5.11 Å². The van der Waals surface area contributed by atoms with Crippen molar-refractivity contribution >= 4 is 15.7 Å². The smallest absolute Gasteiger partial charge is 0.235 e. The topological polar surface area (TPSA) is 66.4 Å². The fourth-order valence-corrected chi connectivity index (χ4v) is 1.66. The summed E-state index contributed by atoms with van der Waals surface area (Å²) < 4.78 is 25.4. The number of nitrogens with one attached hydrogen (secondary N) is 1. The highest BCUT2D eigenvalue weighted by molar-refractivity contribution is 7.93. The summed E-state index contributed by atoms with van der Waals surface area (Å²) in [6, 6.07) is 6.62. The van der Waals surface area contributed by atoms with E-state index in [1.165, 1.54) is 0 Å². The Balaban J connectivity index is 2.82. The Morgan fingerprint density at radius 1 is 1.27 bits per heavy atom. The molecule has 0 saturated heterocycles. The highest BCUT2D eigenvalue weighted by Crippen LogP contribution is 2.13. The molecule has 0 atom stereocenters. The molecule has 5 heteroatoms. The van der Waals surface area contributed by atoms with Gasteiger partial charge in [0.1, 0.15) is 0 Å². The summed E-state index contributed by atoms with van der Waals surface area (Å²) in [7, 11) is -3.28. The standard InChI is InChI=1S/C10H15NO3S/c1-8(2)15(13,14)11-10-5-3-9(7-12)4-6-10/h3-6,8,11-12H,7H2,1-2H3. The molecule has 0 aromatic heterocycles. The Kier molecular flexibility index (Phi) is 3.71. The Labute approximate surface area is 90.0 Å². The first-order chi connectivity index (χ1) is 6.95. The van der Waals surface area contributed by atoms with Crippen molar-refractivity contribution in [1.29, 1.82) is 0 Å². The lowest BCUT2D eigenvalue weighted by Gasteiger charge is -2.10. The maximum Gasteiger partial charge on any atom is 0.235 e.